The molecule has 1 aliphatic carbocycles. The second-order valence-electron chi connectivity index (χ2n) is 5.69. The highest BCUT2D eigenvalue weighted by Gasteiger charge is 2.19. The highest BCUT2D eigenvalue weighted by molar-refractivity contribution is 5.84. The summed E-state index contributed by atoms with van der Waals surface area (Å²) in [4.78, 5) is 0. The van der Waals surface area contributed by atoms with E-state index < -0.39 is 0 Å². The molecule has 0 fully saturated rings. The summed E-state index contributed by atoms with van der Waals surface area (Å²) in [5, 5.41) is 24.7. The first-order chi connectivity index (χ1) is 12.8. The quantitative estimate of drug-likeness (QED) is 0.533. The number of ether oxygens (including phenoxy) is 1. The maximum absolute atomic E-state index is 5.92. The second kappa shape index (κ2) is 5.62. The van der Waals surface area contributed by atoms with Gasteiger partial charge in [0.15, 0.2) is 11.3 Å². The molecule has 0 radical (unpaired) electrons. The average molecular weight is 348 g/mol. The molecule has 4 aromatic heterocycles. The highest BCUT2D eigenvalue weighted by atomic mass is 16.5. The Bertz CT molecular complexity index is 1150. The number of aryl methyl sites for hydroxylation is 1. The van der Waals surface area contributed by atoms with Crippen LogP contribution in [0.5, 0.6) is 5.88 Å². The van der Waals surface area contributed by atoms with Gasteiger partial charge in [-0.1, -0.05) is 28.6 Å². The molecule has 26 heavy (non-hydrogen) atoms. The third-order valence-corrected chi connectivity index (χ3v) is 3.90. The number of allylic oxidation sites excluding steroid dienone is 4. The van der Waals surface area contributed by atoms with Crippen LogP contribution >= 0.6 is 0 Å². The van der Waals surface area contributed by atoms with E-state index in [0.717, 1.165) is 11.1 Å². The van der Waals surface area contributed by atoms with Gasteiger partial charge in [0, 0.05) is 18.7 Å². The molecule has 0 aliphatic heterocycles. The van der Waals surface area contributed by atoms with Crippen molar-refractivity contribution < 1.29 is 9.26 Å². The van der Waals surface area contributed by atoms with Crippen LogP contribution in [0.25, 0.3) is 22.7 Å². The molecule has 4 aromatic rings. The van der Waals surface area contributed by atoms with Gasteiger partial charge in [-0.3, -0.25) is 4.68 Å². The Hall–Kier alpha value is -3.82. The molecule has 0 atom stereocenters. The molecule has 10 heteroatoms. The van der Waals surface area contributed by atoms with Gasteiger partial charge in [0.05, 0.1) is 6.20 Å². The lowest BCUT2D eigenvalue weighted by Gasteiger charge is -2.13. The van der Waals surface area contributed by atoms with Crippen LogP contribution in [0.3, 0.4) is 0 Å². The smallest absolute Gasteiger partial charge is 0.240 e. The fourth-order valence-electron chi connectivity index (χ4n) is 2.59. The Kier molecular flexibility index (Phi) is 3.14. The van der Waals surface area contributed by atoms with E-state index >= 15 is 0 Å². The largest absolute Gasteiger partial charge is 0.470 e. The fourth-order valence-corrected chi connectivity index (χ4v) is 2.59. The van der Waals surface area contributed by atoms with Crippen LogP contribution in [0, 0.1) is 0 Å². The van der Waals surface area contributed by atoms with Crippen molar-refractivity contribution in [2.45, 2.75) is 6.61 Å². The molecule has 0 bridgehead atoms. The molecular formula is C16H12N8O2. The van der Waals surface area contributed by atoms with Gasteiger partial charge in [-0.15, -0.1) is 20.4 Å². The van der Waals surface area contributed by atoms with Crippen LogP contribution < -0.4 is 4.74 Å². The first-order valence-corrected chi connectivity index (χ1v) is 7.82. The van der Waals surface area contributed by atoms with Gasteiger partial charge in [-0.05, 0) is 11.6 Å². The van der Waals surface area contributed by atoms with Crippen LogP contribution in [0.2, 0.25) is 0 Å². The molecule has 0 N–H and O–H groups in total. The van der Waals surface area contributed by atoms with E-state index in [0.29, 0.717) is 28.7 Å². The maximum atomic E-state index is 5.92. The lowest BCUT2D eigenvalue weighted by molar-refractivity contribution is 0.283. The molecule has 0 spiro atoms. The zero-order chi connectivity index (χ0) is 17.5. The van der Waals surface area contributed by atoms with Crippen molar-refractivity contribution in [3.05, 3.63) is 54.1 Å². The number of rotatable bonds is 5. The first-order valence-electron chi connectivity index (χ1n) is 7.82. The van der Waals surface area contributed by atoms with E-state index in [-0.39, 0.29) is 6.61 Å². The summed E-state index contributed by atoms with van der Waals surface area (Å²) in [6, 6.07) is 3.58. The standard InChI is InChI=1S/C16H12N8O2/c1-23-8-11(17-22-23)9-25-16-12(10-3-2-4-10)7-14-18-19-15(24(14)20-16)13-5-6-26-21-13/h2-8H,9H2,1H3. The minimum absolute atomic E-state index is 0.248. The minimum atomic E-state index is 0.248. The molecule has 0 saturated carbocycles. The van der Waals surface area contributed by atoms with Crippen LogP contribution in [-0.4, -0.2) is 40.0 Å². The van der Waals surface area contributed by atoms with E-state index in [4.69, 9.17) is 9.26 Å². The van der Waals surface area contributed by atoms with Gasteiger partial charge in [-0.25, -0.2) is 0 Å². The fraction of sp³-hybridized carbons (Fsp3) is 0.125. The zero-order valence-electron chi connectivity index (χ0n) is 13.6. The van der Waals surface area contributed by atoms with Crippen molar-refractivity contribution in [2.24, 2.45) is 7.05 Å². The topological polar surface area (TPSA) is 109 Å². The number of hydrogen-bond donors (Lipinski definition) is 0. The van der Waals surface area contributed by atoms with Crippen molar-refractivity contribution in [2.75, 3.05) is 0 Å². The van der Waals surface area contributed by atoms with E-state index in [2.05, 4.69) is 30.8 Å². The Morgan fingerprint density at radius 3 is 2.85 bits per heavy atom. The highest BCUT2D eigenvalue weighted by Crippen LogP contribution is 2.31. The van der Waals surface area contributed by atoms with Crippen molar-refractivity contribution in [3.8, 4) is 17.4 Å². The van der Waals surface area contributed by atoms with Gasteiger partial charge >= 0.3 is 0 Å². The van der Waals surface area contributed by atoms with Gasteiger partial charge in [0.1, 0.15) is 18.6 Å². The summed E-state index contributed by atoms with van der Waals surface area (Å²) in [5.41, 5.74) is 3.69. The molecule has 10 nitrogen and oxygen atoms in total. The molecule has 4 heterocycles. The third-order valence-electron chi connectivity index (χ3n) is 3.90. The van der Waals surface area contributed by atoms with Crippen molar-refractivity contribution in [1.82, 2.24) is 40.0 Å². The van der Waals surface area contributed by atoms with Crippen molar-refractivity contribution >= 4 is 11.2 Å². The van der Waals surface area contributed by atoms with Gasteiger partial charge in [0.2, 0.25) is 11.7 Å². The predicted octanol–water partition coefficient (Wildman–Crippen LogP) is 1.44. The molecule has 0 unspecified atom stereocenters. The zero-order valence-corrected chi connectivity index (χ0v) is 13.6. The maximum Gasteiger partial charge on any atom is 0.240 e. The van der Waals surface area contributed by atoms with Crippen LogP contribution in [-0.2, 0) is 13.7 Å². The van der Waals surface area contributed by atoms with E-state index in [9.17, 15) is 0 Å². The van der Waals surface area contributed by atoms with E-state index in [1.807, 2.05) is 24.3 Å². The van der Waals surface area contributed by atoms with Crippen LogP contribution in [0.1, 0.15) is 11.3 Å². The number of hydrogen-bond acceptors (Lipinski definition) is 8. The molecule has 128 valence electrons. The van der Waals surface area contributed by atoms with Crippen LogP contribution in [0.15, 0.2) is 47.3 Å². The first kappa shape index (κ1) is 14.5. The summed E-state index contributed by atoms with van der Waals surface area (Å²) in [7, 11) is 1.80. The van der Waals surface area contributed by atoms with Gasteiger partial charge in [-0.2, -0.15) is 4.52 Å². The molecular weight excluding hydrogens is 336 g/mol. The number of fused-ring (bicyclic) bond motifs is 1. The summed E-state index contributed by atoms with van der Waals surface area (Å²) < 4.78 is 14.0. The summed E-state index contributed by atoms with van der Waals surface area (Å²) in [6.07, 6.45) is 9.19. The Morgan fingerprint density at radius 2 is 2.15 bits per heavy atom. The van der Waals surface area contributed by atoms with Gasteiger partial charge in [0.25, 0.3) is 0 Å². The number of nitrogens with zero attached hydrogens (tertiary/aromatic N) is 8. The molecule has 0 saturated heterocycles. The number of aromatic nitrogens is 8. The monoisotopic (exact) mass is 348 g/mol. The van der Waals surface area contributed by atoms with Crippen LogP contribution in [0.4, 0.5) is 0 Å². The minimum Gasteiger partial charge on any atom is -0.470 e. The Labute approximate surface area is 146 Å². The Balaban J connectivity index is 1.57. The van der Waals surface area contributed by atoms with E-state index in [1.165, 1.54) is 6.26 Å². The van der Waals surface area contributed by atoms with Crippen molar-refractivity contribution in [3.63, 3.8) is 0 Å². The molecule has 1 aliphatic rings. The predicted molar refractivity (Wildman–Crippen MR) is 88.7 cm³/mol. The van der Waals surface area contributed by atoms with Crippen molar-refractivity contribution in [1.29, 1.82) is 0 Å². The normalized spacial score (nSPS) is 13.0. The summed E-state index contributed by atoms with van der Waals surface area (Å²) >= 11 is 0. The lowest BCUT2D eigenvalue weighted by atomic mass is 10.0. The van der Waals surface area contributed by atoms with E-state index in [1.54, 1.807) is 28.5 Å². The van der Waals surface area contributed by atoms with Gasteiger partial charge < -0.3 is 9.26 Å². The summed E-state index contributed by atoms with van der Waals surface area (Å²) in [6.45, 7) is 0.248. The third kappa shape index (κ3) is 2.35. The molecule has 0 aromatic carbocycles. The SMILES string of the molecule is Cn1cc(COc2nn3c(-c4ccon4)nnc3cc2C2=CC=C2)nn1. The lowest BCUT2D eigenvalue weighted by Crippen LogP contribution is -2.06. The summed E-state index contributed by atoms with van der Waals surface area (Å²) in [5.74, 6) is 0.922. The molecule has 5 rings (SSSR count). The average Bonchev–Trinajstić information content (AvgIpc) is 3.31. The molecule has 0 amide bonds. The Morgan fingerprint density at radius 1 is 1.23 bits per heavy atom. The second-order valence-corrected chi connectivity index (χ2v) is 5.69.